The van der Waals surface area contributed by atoms with Crippen molar-refractivity contribution < 1.29 is 17.6 Å². The van der Waals surface area contributed by atoms with Gasteiger partial charge in [-0.05, 0) is 24.7 Å². The third kappa shape index (κ3) is 2.99. The molecule has 0 aliphatic rings. The average Bonchev–Trinajstić information content (AvgIpc) is 2.07. The molecule has 0 bridgehead atoms. The van der Waals surface area contributed by atoms with Crippen LogP contribution in [0.15, 0.2) is 24.3 Å². The number of halogens is 4. The third-order valence-corrected chi connectivity index (χ3v) is 1.77. The van der Waals surface area contributed by atoms with Gasteiger partial charge in [-0.25, -0.2) is 9.29 Å². The van der Waals surface area contributed by atoms with Crippen LogP contribution in [-0.2, 0) is 6.54 Å². The van der Waals surface area contributed by atoms with Crippen molar-refractivity contribution in [3.05, 3.63) is 35.6 Å². The quantitative estimate of drug-likeness (QED) is 0.532. The summed E-state index contributed by atoms with van der Waals surface area (Å²) in [6.45, 7) is -0.274. The standard InChI is InChI=1S/C9H9F4N/c1-14(9(11,12)13)6-7-2-4-8(10)5-3-7/h2-5H,6H2,1H3. The Hall–Kier alpha value is -1.10. The van der Waals surface area contributed by atoms with Crippen LogP contribution in [0.3, 0.4) is 0 Å². The van der Waals surface area contributed by atoms with Gasteiger partial charge in [0.25, 0.3) is 0 Å². The molecule has 1 rings (SSSR count). The Labute approximate surface area is 78.9 Å². The lowest BCUT2D eigenvalue weighted by molar-refractivity contribution is -0.240. The highest BCUT2D eigenvalue weighted by atomic mass is 19.4. The zero-order valence-corrected chi connectivity index (χ0v) is 7.48. The molecule has 78 valence electrons. The molecular formula is C9H9F4N. The lowest BCUT2D eigenvalue weighted by atomic mass is 10.2. The van der Waals surface area contributed by atoms with E-state index in [2.05, 4.69) is 0 Å². The third-order valence-electron chi connectivity index (χ3n) is 1.77. The summed E-state index contributed by atoms with van der Waals surface area (Å²) in [5, 5.41) is 0. The summed E-state index contributed by atoms with van der Waals surface area (Å²) in [5.41, 5.74) is 0.422. The van der Waals surface area contributed by atoms with Gasteiger partial charge < -0.3 is 0 Å². The van der Waals surface area contributed by atoms with Crippen molar-refractivity contribution in [2.75, 3.05) is 7.05 Å². The van der Waals surface area contributed by atoms with Crippen LogP contribution >= 0.6 is 0 Å². The van der Waals surface area contributed by atoms with Crippen LogP contribution < -0.4 is 0 Å². The molecule has 0 atom stereocenters. The van der Waals surface area contributed by atoms with Gasteiger partial charge in [0, 0.05) is 6.54 Å². The molecule has 5 heteroatoms. The number of alkyl halides is 3. The molecule has 1 aromatic rings. The maximum Gasteiger partial charge on any atom is 0.459 e. The first-order chi connectivity index (χ1) is 6.39. The topological polar surface area (TPSA) is 3.24 Å². The zero-order valence-electron chi connectivity index (χ0n) is 7.48. The number of hydrogen-bond acceptors (Lipinski definition) is 1. The predicted octanol–water partition coefficient (Wildman–Crippen LogP) is 2.78. The molecule has 0 aromatic heterocycles. The van der Waals surface area contributed by atoms with E-state index in [1.54, 1.807) is 0 Å². The first-order valence-corrected chi connectivity index (χ1v) is 3.92. The molecule has 0 amide bonds. The van der Waals surface area contributed by atoms with Gasteiger partial charge in [-0.2, -0.15) is 13.2 Å². The second-order valence-electron chi connectivity index (χ2n) is 2.95. The van der Waals surface area contributed by atoms with Crippen molar-refractivity contribution in [3.63, 3.8) is 0 Å². The van der Waals surface area contributed by atoms with E-state index in [0.29, 0.717) is 5.56 Å². The summed E-state index contributed by atoms with van der Waals surface area (Å²) in [4.78, 5) is 0.236. The predicted molar refractivity (Wildman–Crippen MR) is 43.9 cm³/mol. The van der Waals surface area contributed by atoms with Gasteiger partial charge >= 0.3 is 6.30 Å². The Morgan fingerprint density at radius 3 is 2.07 bits per heavy atom. The van der Waals surface area contributed by atoms with Crippen molar-refractivity contribution in [1.82, 2.24) is 4.90 Å². The summed E-state index contributed by atoms with van der Waals surface area (Å²) >= 11 is 0. The average molecular weight is 207 g/mol. The van der Waals surface area contributed by atoms with Crippen LogP contribution in [0.1, 0.15) is 5.56 Å². The number of nitrogens with zero attached hydrogens (tertiary/aromatic N) is 1. The molecule has 0 aliphatic heterocycles. The molecule has 1 nitrogen and oxygen atoms in total. The summed E-state index contributed by atoms with van der Waals surface area (Å²) in [5.74, 6) is -0.455. The highest BCUT2D eigenvalue weighted by Gasteiger charge is 2.33. The fourth-order valence-electron chi connectivity index (χ4n) is 0.953. The SMILES string of the molecule is CN(Cc1ccc(F)cc1)C(F)(F)F. The van der Waals surface area contributed by atoms with Crippen molar-refractivity contribution >= 4 is 0 Å². The van der Waals surface area contributed by atoms with Crippen molar-refractivity contribution in [2.24, 2.45) is 0 Å². The highest BCUT2D eigenvalue weighted by Crippen LogP contribution is 2.21. The number of hydrogen-bond donors (Lipinski definition) is 0. The molecule has 1 aromatic carbocycles. The molecule has 0 N–H and O–H groups in total. The van der Waals surface area contributed by atoms with E-state index in [9.17, 15) is 17.6 Å². The molecular weight excluding hydrogens is 198 g/mol. The first-order valence-electron chi connectivity index (χ1n) is 3.92. The van der Waals surface area contributed by atoms with E-state index < -0.39 is 12.1 Å². The zero-order chi connectivity index (χ0) is 10.8. The van der Waals surface area contributed by atoms with E-state index in [1.165, 1.54) is 12.1 Å². The lowest BCUT2D eigenvalue weighted by Gasteiger charge is -2.19. The highest BCUT2D eigenvalue weighted by molar-refractivity contribution is 5.15. The monoisotopic (exact) mass is 207 g/mol. The smallest absolute Gasteiger partial charge is 0.213 e. The van der Waals surface area contributed by atoms with Crippen LogP contribution in [-0.4, -0.2) is 18.2 Å². The van der Waals surface area contributed by atoms with Crippen molar-refractivity contribution in [2.45, 2.75) is 12.8 Å². The Kier molecular flexibility index (Phi) is 3.10. The largest absolute Gasteiger partial charge is 0.459 e. The summed E-state index contributed by atoms with van der Waals surface area (Å²) < 4.78 is 48.6. The molecule has 0 heterocycles. The Morgan fingerprint density at radius 2 is 1.64 bits per heavy atom. The van der Waals surface area contributed by atoms with Crippen LogP contribution in [0.25, 0.3) is 0 Å². The van der Waals surface area contributed by atoms with Gasteiger partial charge in [-0.3, -0.25) is 0 Å². The summed E-state index contributed by atoms with van der Waals surface area (Å²) in [7, 11) is 0.948. The first kappa shape index (κ1) is 11.0. The fourth-order valence-corrected chi connectivity index (χ4v) is 0.953. The normalized spacial score (nSPS) is 12.1. The minimum Gasteiger partial charge on any atom is -0.213 e. The van der Waals surface area contributed by atoms with Crippen LogP contribution in [0.4, 0.5) is 17.6 Å². The maximum absolute atomic E-state index is 12.4. The Bertz CT molecular complexity index is 291. The van der Waals surface area contributed by atoms with Crippen LogP contribution in [0, 0.1) is 5.82 Å². The molecule has 0 unspecified atom stereocenters. The van der Waals surface area contributed by atoms with Crippen molar-refractivity contribution in [1.29, 1.82) is 0 Å². The van der Waals surface area contributed by atoms with Crippen LogP contribution in [0.2, 0.25) is 0 Å². The van der Waals surface area contributed by atoms with Gasteiger partial charge in [0.15, 0.2) is 0 Å². The Balaban J connectivity index is 2.65. The Morgan fingerprint density at radius 1 is 1.14 bits per heavy atom. The lowest BCUT2D eigenvalue weighted by Crippen LogP contribution is -2.33. The van der Waals surface area contributed by atoms with E-state index in [4.69, 9.17) is 0 Å². The summed E-state index contributed by atoms with van der Waals surface area (Å²) in [6, 6.07) is 4.94. The minimum atomic E-state index is -4.35. The minimum absolute atomic E-state index is 0.236. The molecule has 0 spiro atoms. The van der Waals surface area contributed by atoms with E-state index in [0.717, 1.165) is 19.2 Å². The van der Waals surface area contributed by atoms with Crippen molar-refractivity contribution in [3.8, 4) is 0 Å². The number of rotatable bonds is 2. The second-order valence-corrected chi connectivity index (χ2v) is 2.95. The number of benzene rings is 1. The van der Waals surface area contributed by atoms with E-state index in [1.807, 2.05) is 0 Å². The molecule has 0 aliphatic carbocycles. The van der Waals surface area contributed by atoms with Gasteiger partial charge in [0.2, 0.25) is 0 Å². The molecule has 0 fully saturated rings. The molecule has 0 saturated carbocycles. The maximum atomic E-state index is 12.4. The summed E-state index contributed by atoms with van der Waals surface area (Å²) in [6.07, 6.45) is -4.35. The van der Waals surface area contributed by atoms with Gasteiger partial charge in [-0.15, -0.1) is 0 Å². The second kappa shape index (κ2) is 3.96. The van der Waals surface area contributed by atoms with Gasteiger partial charge in [0.1, 0.15) is 5.82 Å². The van der Waals surface area contributed by atoms with Crippen LogP contribution in [0.5, 0.6) is 0 Å². The van der Waals surface area contributed by atoms with E-state index >= 15 is 0 Å². The molecule has 0 radical (unpaired) electrons. The molecule has 0 saturated heterocycles. The van der Waals surface area contributed by atoms with E-state index in [-0.39, 0.29) is 11.4 Å². The van der Waals surface area contributed by atoms with Gasteiger partial charge in [0.05, 0.1) is 0 Å². The van der Waals surface area contributed by atoms with Gasteiger partial charge in [-0.1, -0.05) is 12.1 Å². The molecule has 14 heavy (non-hydrogen) atoms. The fraction of sp³-hybridized carbons (Fsp3) is 0.333.